The predicted octanol–water partition coefficient (Wildman–Crippen LogP) is -1.13. The maximum Gasteiger partial charge on any atom is 0.446 e. The SMILES string of the molecule is CC1NC(=O)C(O)(C(F)(F)F)NC1=O. The van der Waals surface area contributed by atoms with Crippen molar-refractivity contribution in [2.45, 2.75) is 24.9 Å². The molecule has 14 heavy (non-hydrogen) atoms. The first-order valence-corrected chi connectivity index (χ1v) is 3.60. The standard InChI is InChI=1S/C6H7F3N2O3/c1-2-3(12)11-5(14,4(13)10-2)6(7,8)9/h2,14H,1H3,(H,10,13)(H,11,12). The smallest absolute Gasteiger partial charge is 0.356 e. The van der Waals surface area contributed by atoms with Crippen LogP contribution in [0.3, 0.4) is 0 Å². The van der Waals surface area contributed by atoms with E-state index in [4.69, 9.17) is 5.11 Å². The van der Waals surface area contributed by atoms with Gasteiger partial charge in [-0.05, 0) is 6.92 Å². The molecule has 0 radical (unpaired) electrons. The van der Waals surface area contributed by atoms with Gasteiger partial charge in [-0.3, -0.25) is 9.59 Å². The molecular formula is C6H7F3N2O3. The number of amides is 2. The third kappa shape index (κ3) is 1.41. The Morgan fingerprint density at radius 3 is 2.36 bits per heavy atom. The van der Waals surface area contributed by atoms with Crippen molar-refractivity contribution >= 4 is 11.8 Å². The fraction of sp³-hybridized carbons (Fsp3) is 0.667. The summed E-state index contributed by atoms with van der Waals surface area (Å²) in [4.78, 5) is 21.6. The molecule has 1 saturated heterocycles. The van der Waals surface area contributed by atoms with Gasteiger partial charge in [0.1, 0.15) is 6.04 Å². The molecule has 0 aliphatic carbocycles. The lowest BCUT2D eigenvalue weighted by atomic mass is 10.1. The average Bonchev–Trinajstić information content (AvgIpc) is 1.99. The molecule has 0 spiro atoms. The molecule has 2 amide bonds. The quantitative estimate of drug-likeness (QED) is 0.475. The number of alkyl halides is 3. The van der Waals surface area contributed by atoms with Crippen LogP contribution in [0.25, 0.3) is 0 Å². The molecule has 80 valence electrons. The third-order valence-electron chi connectivity index (χ3n) is 1.78. The Balaban J connectivity index is 3.01. The van der Waals surface area contributed by atoms with Gasteiger partial charge in [0, 0.05) is 0 Å². The van der Waals surface area contributed by atoms with E-state index in [1.807, 2.05) is 0 Å². The number of aliphatic hydroxyl groups is 1. The van der Waals surface area contributed by atoms with Gasteiger partial charge in [-0.15, -0.1) is 0 Å². The second-order valence-electron chi connectivity index (χ2n) is 2.89. The summed E-state index contributed by atoms with van der Waals surface area (Å²) in [5, 5.41) is 11.8. The molecule has 0 saturated carbocycles. The highest BCUT2D eigenvalue weighted by Crippen LogP contribution is 2.29. The Morgan fingerprint density at radius 2 is 1.93 bits per heavy atom. The van der Waals surface area contributed by atoms with E-state index >= 15 is 0 Å². The third-order valence-corrected chi connectivity index (χ3v) is 1.78. The van der Waals surface area contributed by atoms with E-state index in [0.717, 1.165) is 0 Å². The van der Waals surface area contributed by atoms with Gasteiger partial charge in [0.2, 0.25) is 5.91 Å². The molecule has 1 heterocycles. The summed E-state index contributed by atoms with van der Waals surface area (Å²) in [6.45, 7) is 1.20. The van der Waals surface area contributed by atoms with E-state index in [9.17, 15) is 22.8 Å². The summed E-state index contributed by atoms with van der Waals surface area (Å²) >= 11 is 0. The lowest BCUT2D eigenvalue weighted by Crippen LogP contribution is -2.74. The lowest BCUT2D eigenvalue weighted by molar-refractivity contribution is -0.264. The lowest BCUT2D eigenvalue weighted by Gasteiger charge is -2.35. The van der Waals surface area contributed by atoms with Crippen molar-refractivity contribution in [2.75, 3.05) is 0 Å². The van der Waals surface area contributed by atoms with Gasteiger partial charge in [-0.25, -0.2) is 0 Å². The number of halogens is 3. The molecule has 0 aromatic carbocycles. The second-order valence-corrected chi connectivity index (χ2v) is 2.89. The Labute approximate surface area is 76.3 Å². The van der Waals surface area contributed by atoms with E-state index in [0.29, 0.717) is 0 Å². The zero-order valence-corrected chi connectivity index (χ0v) is 6.97. The van der Waals surface area contributed by atoms with Crippen molar-refractivity contribution in [3.8, 4) is 0 Å². The summed E-state index contributed by atoms with van der Waals surface area (Å²) in [5.41, 5.74) is -3.82. The Kier molecular flexibility index (Phi) is 2.18. The summed E-state index contributed by atoms with van der Waals surface area (Å²) in [6.07, 6.45) is -5.24. The van der Waals surface area contributed by atoms with Crippen LogP contribution in [0.1, 0.15) is 6.92 Å². The maximum absolute atomic E-state index is 12.2. The first-order chi connectivity index (χ1) is 6.18. The predicted molar refractivity (Wildman–Crippen MR) is 36.8 cm³/mol. The van der Waals surface area contributed by atoms with Gasteiger partial charge in [-0.2, -0.15) is 13.2 Å². The maximum atomic E-state index is 12.2. The summed E-state index contributed by atoms with van der Waals surface area (Å²) < 4.78 is 36.5. The molecule has 1 fully saturated rings. The van der Waals surface area contributed by atoms with Gasteiger partial charge < -0.3 is 15.7 Å². The van der Waals surface area contributed by atoms with E-state index in [1.165, 1.54) is 12.2 Å². The number of nitrogens with one attached hydrogen (secondary N) is 2. The first-order valence-electron chi connectivity index (χ1n) is 3.60. The molecule has 1 aliphatic heterocycles. The molecule has 5 nitrogen and oxygen atoms in total. The van der Waals surface area contributed by atoms with Crippen LogP contribution in [0.15, 0.2) is 0 Å². The van der Waals surface area contributed by atoms with Gasteiger partial charge in [0.15, 0.2) is 0 Å². The molecule has 0 bridgehead atoms. The Morgan fingerprint density at radius 1 is 1.43 bits per heavy atom. The zero-order valence-electron chi connectivity index (χ0n) is 6.97. The van der Waals surface area contributed by atoms with E-state index in [-0.39, 0.29) is 0 Å². The largest absolute Gasteiger partial charge is 0.446 e. The normalized spacial score (nSPS) is 33.6. The van der Waals surface area contributed by atoms with Crippen LogP contribution < -0.4 is 10.6 Å². The molecule has 8 heteroatoms. The number of hydrogen-bond acceptors (Lipinski definition) is 3. The van der Waals surface area contributed by atoms with Crippen molar-refractivity contribution < 1.29 is 27.9 Å². The van der Waals surface area contributed by atoms with Gasteiger partial charge in [0.05, 0.1) is 0 Å². The molecule has 1 rings (SSSR count). The van der Waals surface area contributed by atoms with Crippen molar-refractivity contribution in [1.82, 2.24) is 10.6 Å². The highest BCUT2D eigenvalue weighted by molar-refractivity contribution is 5.98. The highest BCUT2D eigenvalue weighted by Gasteiger charge is 2.63. The van der Waals surface area contributed by atoms with Crippen molar-refractivity contribution in [1.29, 1.82) is 0 Å². The first kappa shape index (κ1) is 10.8. The molecule has 1 aliphatic rings. The minimum absolute atomic E-state index is 1.09. The number of piperazine rings is 1. The van der Waals surface area contributed by atoms with Crippen molar-refractivity contribution in [3.63, 3.8) is 0 Å². The molecule has 3 N–H and O–H groups in total. The van der Waals surface area contributed by atoms with E-state index in [1.54, 1.807) is 5.32 Å². The van der Waals surface area contributed by atoms with Crippen LogP contribution in [0.4, 0.5) is 13.2 Å². The van der Waals surface area contributed by atoms with Crippen LogP contribution in [0, 0.1) is 0 Å². The fourth-order valence-electron chi connectivity index (χ4n) is 0.910. The van der Waals surface area contributed by atoms with Crippen LogP contribution >= 0.6 is 0 Å². The van der Waals surface area contributed by atoms with Crippen molar-refractivity contribution in [3.05, 3.63) is 0 Å². The zero-order chi connectivity index (χ0) is 11.1. The molecule has 2 unspecified atom stereocenters. The second kappa shape index (κ2) is 2.84. The minimum atomic E-state index is -5.24. The number of hydrogen-bond donors (Lipinski definition) is 3. The Hall–Kier alpha value is -1.31. The molecular weight excluding hydrogens is 205 g/mol. The monoisotopic (exact) mass is 212 g/mol. The summed E-state index contributed by atoms with van der Waals surface area (Å²) in [7, 11) is 0. The van der Waals surface area contributed by atoms with Crippen molar-refractivity contribution in [2.24, 2.45) is 0 Å². The number of carbonyl (C=O) groups excluding carboxylic acids is 2. The molecule has 0 aromatic rings. The van der Waals surface area contributed by atoms with Gasteiger partial charge >= 0.3 is 11.9 Å². The van der Waals surface area contributed by atoms with Crippen LogP contribution in [0.2, 0.25) is 0 Å². The van der Waals surface area contributed by atoms with Gasteiger partial charge in [-0.1, -0.05) is 0 Å². The van der Waals surface area contributed by atoms with Gasteiger partial charge in [0.25, 0.3) is 5.91 Å². The highest BCUT2D eigenvalue weighted by atomic mass is 19.4. The Bertz CT molecular complexity index is 291. The minimum Gasteiger partial charge on any atom is -0.356 e. The number of carbonyl (C=O) groups is 2. The average molecular weight is 212 g/mol. The number of rotatable bonds is 0. The van der Waals surface area contributed by atoms with Crippen LogP contribution in [-0.2, 0) is 9.59 Å². The molecule has 0 aromatic heterocycles. The van der Waals surface area contributed by atoms with E-state index < -0.39 is 29.8 Å². The topological polar surface area (TPSA) is 78.4 Å². The van der Waals surface area contributed by atoms with E-state index in [2.05, 4.69) is 0 Å². The molecule has 2 atom stereocenters. The van der Waals surface area contributed by atoms with Crippen LogP contribution in [0.5, 0.6) is 0 Å². The fourth-order valence-corrected chi connectivity index (χ4v) is 0.910. The summed E-state index contributed by atoms with van der Waals surface area (Å²) in [6, 6.07) is -1.09. The summed E-state index contributed by atoms with van der Waals surface area (Å²) in [5.74, 6) is -2.78. The van der Waals surface area contributed by atoms with Crippen LogP contribution in [-0.4, -0.2) is 34.9 Å².